The van der Waals surface area contributed by atoms with Crippen LogP contribution in [0.1, 0.15) is 40.9 Å². The second kappa shape index (κ2) is 4.60. The fourth-order valence-electron chi connectivity index (χ4n) is 2.47. The van der Waals surface area contributed by atoms with Gasteiger partial charge < -0.3 is 10.5 Å². The lowest BCUT2D eigenvalue weighted by Gasteiger charge is -2.20. The molecular weight excluding hydrogens is 290 g/mol. The first kappa shape index (κ1) is 13.6. The maximum Gasteiger partial charge on any atom is 0.342 e. The third kappa shape index (κ3) is 2.25. The summed E-state index contributed by atoms with van der Waals surface area (Å²) in [4.78, 5) is 15.0. The Morgan fingerprint density at radius 3 is 2.70 bits per heavy atom. The van der Waals surface area contributed by atoms with E-state index >= 15 is 0 Å². The lowest BCUT2D eigenvalue weighted by Crippen LogP contribution is -2.24. The first-order chi connectivity index (χ1) is 9.37. The molecule has 0 atom stereocenters. The molecule has 0 spiro atoms. The maximum absolute atomic E-state index is 12.5. The third-order valence-corrected chi connectivity index (χ3v) is 5.26. The van der Waals surface area contributed by atoms with Crippen LogP contribution in [0.5, 0.6) is 0 Å². The highest BCUT2D eigenvalue weighted by Crippen LogP contribution is 2.45. The molecule has 20 heavy (non-hydrogen) atoms. The Hall–Kier alpha value is -1.33. The number of nitrogen functional groups attached to an aromatic ring is 1. The van der Waals surface area contributed by atoms with Crippen molar-refractivity contribution in [2.75, 3.05) is 5.73 Å². The molecule has 1 aliphatic rings. The Balaban J connectivity index is 2.10. The predicted molar refractivity (Wildman–Crippen MR) is 84.6 cm³/mol. The zero-order chi connectivity index (χ0) is 14.5. The minimum atomic E-state index is -0.509. The van der Waals surface area contributed by atoms with Gasteiger partial charge in [-0.25, -0.2) is 4.79 Å². The summed E-state index contributed by atoms with van der Waals surface area (Å²) in [7, 11) is 0. The van der Waals surface area contributed by atoms with Gasteiger partial charge in [-0.1, -0.05) is 0 Å². The smallest absolute Gasteiger partial charge is 0.342 e. The first-order valence-electron chi connectivity index (χ1n) is 6.58. The number of hydrogen-bond donors (Lipinski definition) is 1. The van der Waals surface area contributed by atoms with E-state index in [1.54, 1.807) is 11.3 Å². The molecule has 0 saturated carbocycles. The summed E-state index contributed by atoms with van der Waals surface area (Å²) < 4.78 is 5.51. The summed E-state index contributed by atoms with van der Waals surface area (Å²) in [5.41, 5.74) is 8.29. The van der Waals surface area contributed by atoms with Gasteiger partial charge >= 0.3 is 5.97 Å². The van der Waals surface area contributed by atoms with E-state index in [-0.39, 0.29) is 5.97 Å². The topological polar surface area (TPSA) is 52.3 Å². The molecule has 2 aromatic rings. The number of hydrogen-bond acceptors (Lipinski definition) is 5. The summed E-state index contributed by atoms with van der Waals surface area (Å²) in [6, 6.07) is 2.08. The Labute approximate surface area is 126 Å². The van der Waals surface area contributed by atoms with Crippen molar-refractivity contribution in [3.8, 4) is 11.1 Å². The lowest BCUT2D eigenvalue weighted by atomic mass is 9.94. The van der Waals surface area contributed by atoms with Crippen LogP contribution in [-0.4, -0.2) is 11.6 Å². The molecule has 2 N–H and O–H groups in total. The van der Waals surface area contributed by atoms with E-state index < -0.39 is 5.60 Å². The number of thiophene rings is 2. The molecule has 3 rings (SSSR count). The number of ether oxygens (including phenoxy) is 1. The van der Waals surface area contributed by atoms with Gasteiger partial charge in [0.25, 0.3) is 0 Å². The molecule has 0 amide bonds. The van der Waals surface area contributed by atoms with Crippen molar-refractivity contribution >= 4 is 33.6 Å². The molecule has 0 radical (unpaired) electrons. The normalized spacial score (nSPS) is 13.8. The maximum atomic E-state index is 12.5. The zero-order valence-electron chi connectivity index (χ0n) is 11.8. The van der Waals surface area contributed by atoms with Crippen LogP contribution >= 0.6 is 22.7 Å². The minimum absolute atomic E-state index is 0.313. The highest BCUT2D eigenvalue weighted by atomic mass is 32.1. The fraction of sp³-hybridized carbons (Fsp3) is 0.400. The van der Waals surface area contributed by atoms with Crippen molar-refractivity contribution < 1.29 is 9.53 Å². The van der Waals surface area contributed by atoms with Crippen molar-refractivity contribution in [2.24, 2.45) is 0 Å². The van der Waals surface area contributed by atoms with Crippen LogP contribution in [0.15, 0.2) is 11.4 Å². The van der Waals surface area contributed by atoms with Gasteiger partial charge in [-0.05, 0) is 50.6 Å². The van der Waals surface area contributed by atoms with Crippen molar-refractivity contribution in [1.82, 2.24) is 0 Å². The van der Waals surface area contributed by atoms with Crippen LogP contribution in [0.2, 0.25) is 0 Å². The molecule has 0 bridgehead atoms. The van der Waals surface area contributed by atoms with Gasteiger partial charge in [0.05, 0.1) is 0 Å². The number of carbonyl (C=O) groups excluding carboxylic acids is 1. The highest BCUT2D eigenvalue weighted by molar-refractivity contribution is 7.17. The number of carbonyl (C=O) groups is 1. The van der Waals surface area contributed by atoms with Gasteiger partial charge in [0.1, 0.15) is 16.2 Å². The van der Waals surface area contributed by atoms with Crippen molar-refractivity contribution in [3.63, 3.8) is 0 Å². The molecule has 5 heteroatoms. The van der Waals surface area contributed by atoms with Crippen molar-refractivity contribution in [1.29, 1.82) is 0 Å². The number of esters is 1. The molecule has 0 fully saturated rings. The molecule has 2 heterocycles. The van der Waals surface area contributed by atoms with E-state index in [4.69, 9.17) is 10.5 Å². The van der Waals surface area contributed by atoms with Crippen LogP contribution in [0.4, 0.5) is 5.00 Å². The van der Waals surface area contributed by atoms with E-state index in [0.717, 1.165) is 24.0 Å². The largest absolute Gasteiger partial charge is 0.456 e. The Morgan fingerprint density at radius 2 is 2.00 bits per heavy atom. The van der Waals surface area contributed by atoms with Crippen molar-refractivity contribution in [3.05, 3.63) is 26.8 Å². The number of fused-ring (bicyclic) bond motifs is 3. The van der Waals surface area contributed by atoms with Crippen LogP contribution in [0, 0.1) is 0 Å². The average molecular weight is 307 g/mol. The predicted octanol–water partition coefficient (Wildman–Crippen LogP) is 4.11. The lowest BCUT2D eigenvalue weighted by molar-refractivity contribution is 0.00721. The standard InChI is InChI=1S/C15H17NO2S2/c1-15(2,3)18-14(17)12-11-8-6-7-19-9(8)4-5-10(11)20-13(12)16/h6-7H,4-5,16H2,1-3H3. The average Bonchev–Trinajstić information content (AvgIpc) is 2.87. The number of aryl methyl sites for hydroxylation is 2. The summed E-state index contributed by atoms with van der Waals surface area (Å²) in [6.45, 7) is 5.61. The number of nitrogens with two attached hydrogens (primary N) is 1. The van der Waals surface area contributed by atoms with E-state index in [2.05, 4.69) is 11.4 Å². The van der Waals surface area contributed by atoms with Gasteiger partial charge in [0.15, 0.2) is 0 Å². The minimum Gasteiger partial charge on any atom is -0.456 e. The summed E-state index contributed by atoms with van der Waals surface area (Å²) >= 11 is 3.26. The monoisotopic (exact) mass is 307 g/mol. The van der Waals surface area contributed by atoms with Crippen LogP contribution in [0.3, 0.4) is 0 Å². The second-order valence-electron chi connectivity index (χ2n) is 5.90. The zero-order valence-corrected chi connectivity index (χ0v) is 13.4. The van der Waals surface area contributed by atoms with Crippen LogP contribution in [0.25, 0.3) is 11.1 Å². The van der Waals surface area contributed by atoms with Crippen LogP contribution in [-0.2, 0) is 17.6 Å². The van der Waals surface area contributed by atoms with Gasteiger partial charge in [0, 0.05) is 15.3 Å². The third-order valence-electron chi connectivity index (χ3n) is 3.21. The summed E-state index contributed by atoms with van der Waals surface area (Å²) in [5, 5.41) is 2.65. The summed E-state index contributed by atoms with van der Waals surface area (Å²) in [5.74, 6) is -0.313. The molecule has 1 aliphatic carbocycles. The highest BCUT2D eigenvalue weighted by Gasteiger charge is 2.30. The summed E-state index contributed by atoms with van der Waals surface area (Å²) in [6.07, 6.45) is 1.99. The van der Waals surface area contributed by atoms with Crippen LogP contribution < -0.4 is 5.73 Å². The number of rotatable bonds is 1. The van der Waals surface area contributed by atoms with E-state index in [1.807, 2.05) is 20.8 Å². The first-order valence-corrected chi connectivity index (χ1v) is 8.27. The van der Waals surface area contributed by atoms with Gasteiger partial charge in [-0.15, -0.1) is 22.7 Å². The van der Waals surface area contributed by atoms with Gasteiger partial charge in [-0.2, -0.15) is 0 Å². The van der Waals surface area contributed by atoms with E-state index in [1.165, 1.54) is 21.1 Å². The van der Waals surface area contributed by atoms with E-state index in [9.17, 15) is 4.79 Å². The molecule has 106 valence electrons. The molecule has 0 aromatic carbocycles. The number of anilines is 1. The Morgan fingerprint density at radius 1 is 1.30 bits per heavy atom. The van der Waals surface area contributed by atoms with Gasteiger partial charge in [0.2, 0.25) is 0 Å². The molecule has 0 saturated heterocycles. The van der Waals surface area contributed by atoms with E-state index in [0.29, 0.717) is 10.6 Å². The fourth-order valence-corrected chi connectivity index (χ4v) is 4.43. The molecule has 0 aliphatic heterocycles. The molecular formula is C15H17NO2S2. The van der Waals surface area contributed by atoms with Crippen molar-refractivity contribution in [2.45, 2.75) is 39.2 Å². The molecule has 0 unspecified atom stereocenters. The second-order valence-corrected chi connectivity index (χ2v) is 8.04. The Bertz CT molecular complexity index is 677. The quantitative estimate of drug-likeness (QED) is 0.807. The molecule has 2 aromatic heterocycles. The Kier molecular flexibility index (Phi) is 3.14. The van der Waals surface area contributed by atoms with Gasteiger partial charge in [-0.3, -0.25) is 0 Å². The SMILES string of the molecule is CC(C)(C)OC(=O)c1c(N)sc2c1-c1ccsc1CC2. The molecule has 3 nitrogen and oxygen atoms in total.